The normalized spacial score (nSPS) is 11.6. The first-order valence-corrected chi connectivity index (χ1v) is 9.54. The summed E-state index contributed by atoms with van der Waals surface area (Å²) in [6, 6.07) is 14.6. The van der Waals surface area contributed by atoms with E-state index in [2.05, 4.69) is 4.98 Å². The van der Waals surface area contributed by atoms with E-state index in [0.29, 0.717) is 15.8 Å². The van der Waals surface area contributed by atoms with Crippen molar-refractivity contribution in [3.05, 3.63) is 92.6 Å². The third-order valence-electron chi connectivity index (χ3n) is 4.44. The van der Waals surface area contributed by atoms with Gasteiger partial charge in [0.25, 0.3) is 5.56 Å². The number of aromatic nitrogens is 2. The number of aliphatic hydroxyl groups is 1. The van der Waals surface area contributed by atoms with Gasteiger partial charge in [0.05, 0.1) is 22.8 Å². The van der Waals surface area contributed by atoms with Gasteiger partial charge in [-0.25, -0.2) is 9.37 Å². The van der Waals surface area contributed by atoms with Crippen molar-refractivity contribution in [2.75, 3.05) is 0 Å². The molecular weight excluding hydrogens is 389 g/mol. The lowest BCUT2D eigenvalue weighted by Crippen LogP contribution is -2.22. The van der Waals surface area contributed by atoms with Crippen LogP contribution in [-0.2, 0) is 0 Å². The Bertz CT molecular complexity index is 1380. The molecule has 0 atom stereocenters. The molecule has 4 rings (SSSR count). The summed E-state index contributed by atoms with van der Waals surface area (Å²) in [6.45, 7) is 1.84. The zero-order chi connectivity index (χ0) is 20.5. The largest absolute Gasteiger partial charge is 0.507 e. The minimum Gasteiger partial charge on any atom is -0.507 e. The Hall–Kier alpha value is -3.76. The number of nitrogens with zero attached hydrogens (tertiary/aromatic N) is 3. The molecule has 1 N–H and O–H groups in total. The molecule has 0 aliphatic rings. The van der Waals surface area contributed by atoms with Crippen LogP contribution in [-0.4, -0.2) is 14.7 Å². The fraction of sp³-hybridized carbons (Fsp3) is 0.0455. The van der Waals surface area contributed by atoms with E-state index in [9.17, 15) is 19.6 Å². The zero-order valence-corrected chi connectivity index (χ0v) is 16.1. The Morgan fingerprint density at radius 1 is 1.28 bits per heavy atom. The Labute approximate surface area is 169 Å². The highest BCUT2D eigenvalue weighted by molar-refractivity contribution is 7.17. The molecule has 4 aromatic rings. The van der Waals surface area contributed by atoms with Crippen molar-refractivity contribution >= 4 is 33.4 Å². The molecule has 5 nitrogen and oxygen atoms in total. The third kappa shape index (κ3) is 3.30. The van der Waals surface area contributed by atoms with Crippen molar-refractivity contribution in [1.82, 2.24) is 9.55 Å². The Morgan fingerprint density at radius 3 is 2.83 bits per heavy atom. The summed E-state index contributed by atoms with van der Waals surface area (Å²) in [7, 11) is 0. The number of aryl methyl sites for hydroxylation is 1. The Morgan fingerprint density at radius 2 is 2.07 bits per heavy atom. The van der Waals surface area contributed by atoms with Gasteiger partial charge in [0, 0.05) is 11.6 Å². The van der Waals surface area contributed by atoms with E-state index < -0.39 is 11.4 Å². The number of benzene rings is 2. The van der Waals surface area contributed by atoms with Crippen molar-refractivity contribution in [3.8, 4) is 11.8 Å². The van der Waals surface area contributed by atoms with Crippen LogP contribution in [0.1, 0.15) is 22.5 Å². The number of aliphatic hydroxyl groups excluding tert-OH is 1. The van der Waals surface area contributed by atoms with Gasteiger partial charge in [0.2, 0.25) is 0 Å². The van der Waals surface area contributed by atoms with E-state index in [1.54, 1.807) is 35.7 Å². The summed E-state index contributed by atoms with van der Waals surface area (Å²) >= 11 is 1.22. The van der Waals surface area contributed by atoms with Gasteiger partial charge in [-0.1, -0.05) is 23.8 Å². The Kier molecular flexibility index (Phi) is 4.71. The van der Waals surface area contributed by atoms with Crippen LogP contribution in [0.4, 0.5) is 4.39 Å². The van der Waals surface area contributed by atoms with Crippen LogP contribution in [0.3, 0.4) is 0 Å². The molecule has 0 aliphatic heterocycles. The van der Waals surface area contributed by atoms with E-state index >= 15 is 0 Å². The number of rotatable bonds is 3. The standard InChI is InChI=1S/C22H14FN3O2S/c1-13-6-7-14(12-24)15(10-13)19(27)11-20-25-17-8-9-29-21(17)22(28)26(20)18-5-3-2-4-16(18)23/h2-11,27H,1H3. The number of halogens is 1. The van der Waals surface area contributed by atoms with Gasteiger partial charge >= 0.3 is 0 Å². The average Bonchev–Trinajstić information content (AvgIpc) is 3.18. The number of fused-ring (bicyclic) bond motifs is 1. The lowest BCUT2D eigenvalue weighted by Gasteiger charge is -2.12. The van der Waals surface area contributed by atoms with Gasteiger partial charge < -0.3 is 5.11 Å². The van der Waals surface area contributed by atoms with Crippen molar-refractivity contribution in [3.63, 3.8) is 0 Å². The SMILES string of the molecule is Cc1ccc(C#N)c(C(O)=Cc2nc3ccsc3c(=O)n2-c2ccccc2F)c1. The van der Waals surface area contributed by atoms with Gasteiger partial charge in [-0.05, 0) is 42.6 Å². The molecule has 0 bridgehead atoms. The van der Waals surface area contributed by atoms with Crippen molar-refractivity contribution < 1.29 is 9.50 Å². The van der Waals surface area contributed by atoms with E-state index in [-0.39, 0.29) is 22.8 Å². The van der Waals surface area contributed by atoms with Crippen LogP contribution in [0.5, 0.6) is 0 Å². The number of nitriles is 1. The van der Waals surface area contributed by atoms with Crippen LogP contribution >= 0.6 is 11.3 Å². The van der Waals surface area contributed by atoms with Crippen molar-refractivity contribution in [2.24, 2.45) is 0 Å². The molecule has 2 aromatic carbocycles. The minimum absolute atomic E-state index is 0.0316. The van der Waals surface area contributed by atoms with Gasteiger partial charge in [-0.2, -0.15) is 5.26 Å². The molecule has 2 aromatic heterocycles. The summed E-state index contributed by atoms with van der Waals surface area (Å²) in [5.41, 5.74) is 1.50. The lowest BCUT2D eigenvalue weighted by molar-refractivity contribution is 0.514. The average molecular weight is 403 g/mol. The molecule has 0 radical (unpaired) electrons. The zero-order valence-electron chi connectivity index (χ0n) is 15.3. The maximum Gasteiger partial charge on any atom is 0.276 e. The second-order valence-electron chi connectivity index (χ2n) is 6.39. The van der Waals surface area contributed by atoms with Crippen molar-refractivity contribution in [1.29, 1.82) is 5.26 Å². The third-order valence-corrected chi connectivity index (χ3v) is 5.33. The number of para-hydroxylation sites is 1. The van der Waals surface area contributed by atoms with Gasteiger partial charge in [0.15, 0.2) is 0 Å². The second kappa shape index (κ2) is 7.34. The molecule has 0 fully saturated rings. The second-order valence-corrected chi connectivity index (χ2v) is 7.30. The topological polar surface area (TPSA) is 78.9 Å². The van der Waals surface area contributed by atoms with E-state index in [1.807, 2.05) is 13.0 Å². The predicted octanol–water partition coefficient (Wildman–Crippen LogP) is 4.82. The molecule has 2 heterocycles. The summed E-state index contributed by atoms with van der Waals surface area (Å²) in [5, 5.41) is 21.8. The highest BCUT2D eigenvalue weighted by Crippen LogP contribution is 2.24. The maximum absolute atomic E-state index is 14.5. The fourth-order valence-corrected chi connectivity index (χ4v) is 3.82. The summed E-state index contributed by atoms with van der Waals surface area (Å²) in [6.07, 6.45) is 1.28. The minimum atomic E-state index is -0.588. The number of thiophene rings is 1. The molecule has 0 spiro atoms. The van der Waals surface area contributed by atoms with Crippen LogP contribution in [0.15, 0.2) is 58.7 Å². The monoisotopic (exact) mass is 403 g/mol. The highest BCUT2D eigenvalue weighted by Gasteiger charge is 2.17. The van der Waals surface area contributed by atoms with Gasteiger partial charge in [-0.15, -0.1) is 11.3 Å². The molecule has 0 unspecified atom stereocenters. The first kappa shape index (κ1) is 18.6. The van der Waals surface area contributed by atoms with E-state index in [4.69, 9.17) is 0 Å². The summed E-state index contributed by atoms with van der Waals surface area (Å²) in [5.74, 6) is -0.763. The lowest BCUT2D eigenvalue weighted by atomic mass is 10.0. The quantitative estimate of drug-likeness (QED) is 0.497. The van der Waals surface area contributed by atoms with Crippen LogP contribution in [0.25, 0.3) is 27.7 Å². The van der Waals surface area contributed by atoms with Crippen LogP contribution < -0.4 is 5.56 Å². The van der Waals surface area contributed by atoms with Crippen LogP contribution in [0, 0.1) is 24.1 Å². The molecule has 0 amide bonds. The number of hydrogen-bond donors (Lipinski definition) is 1. The molecular formula is C22H14FN3O2S. The molecule has 0 aliphatic carbocycles. The molecule has 7 heteroatoms. The summed E-state index contributed by atoms with van der Waals surface area (Å²) < 4.78 is 16.0. The molecule has 142 valence electrons. The smallest absolute Gasteiger partial charge is 0.276 e. The molecule has 0 saturated heterocycles. The first-order chi connectivity index (χ1) is 14.0. The van der Waals surface area contributed by atoms with Gasteiger partial charge in [0.1, 0.15) is 22.1 Å². The maximum atomic E-state index is 14.5. The highest BCUT2D eigenvalue weighted by atomic mass is 32.1. The predicted molar refractivity (Wildman–Crippen MR) is 112 cm³/mol. The van der Waals surface area contributed by atoms with Gasteiger partial charge in [-0.3, -0.25) is 9.36 Å². The van der Waals surface area contributed by atoms with Crippen LogP contribution in [0.2, 0.25) is 0 Å². The van der Waals surface area contributed by atoms with E-state index in [1.165, 1.54) is 35.6 Å². The summed E-state index contributed by atoms with van der Waals surface area (Å²) in [4.78, 5) is 17.5. The van der Waals surface area contributed by atoms with Crippen molar-refractivity contribution in [2.45, 2.75) is 6.92 Å². The van der Waals surface area contributed by atoms with E-state index in [0.717, 1.165) is 10.1 Å². The number of hydrogen-bond acceptors (Lipinski definition) is 5. The molecule has 29 heavy (non-hydrogen) atoms. The Balaban J connectivity index is 2.02. The fourth-order valence-electron chi connectivity index (χ4n) is 3.06. The molecule has 0 saturated carbocycles. The first-order valence-electron chi connectivity index (χ1n) is 8.66.